The van der Waals surface area contributed by atoms with Gasteiger partial charge >= 0.3 is 0 Å². The van der Waals surface area contributed by atoms with Crippen LogP contribution in [0.2, 0.25) is 5.02 Å². The molecule has 0 aliphatic carbocycles. The quantitative estimate of drug-likeness (QED) is 0.912. The molecular formula is C12H13ClFN3O. The first-order valence-electron chi connectivity index (χ1n) is 5.87. The third-order valence-corrected chi connectivity index (χ3v) is 3.52. The zero-order valence-corrected chi connectivity index (χ0v) is 10.5. The summed E-state index contributed by atoms with van der Waals surface area (Å²) in [4.78, 5) is 4.19. The Hall–Kier alpha value is -1.33. The molecule has 2 N–H and O–H groups in total. The minimum Gasteiger partial charge on any atom is -0.376 e. The summed E-state index contributed by atoms with van der Waals surface area (Å²) in [6.45, 7) is 1.38. The van der Waals surface area contributed by atoms with E-state index >= 15 is 0 Å². The van der Waals surface area contributed by atoms with Gasteiger partial charge in [-0.3, -0.25) is 0 Å². The lowest BCUT2D eigenvalue weighted by Crippen LogP contribution is -2.16. The summed E-state index contributed by atoms with van der Waals surface area (Å²) in [5.74, 6) is -0.0974. The molecule has 1 unspecified atom stereocenters. The predicted molar refractivity (Wildman–Crippen MR) is 68.1 cm³/mol. The normalized spacial score (nSPS) is 19.8. The number of benzene rings is 1. The molecule has 1 aromatic carbocycles. The molecule has 1 aliphatic heterocycles. The van der Waals surface area contributed by atoms with Crippen LogP contribution >= 0.6 is 11.6 Å². The van der Waals surface area contributed by atoms with E-state index in [1.54, 1.807) is 4.57 Å². The molecule has 4 nitrogen and oxygen atoms in total. The standard InChI is InChI=1S/C12H13ClFN3O/c13-8-4-10-11(5-9(8)14)17(12(15)16-10)6-7-2-1-3-18-7/h4-5,7H,1-3,6H2,(H2,15,16). The number of anilines is 1. The molecule has 3 rings (SSSR count). The Morgan fingerprint density at radius 2 is 2.39 bits per heavy atom. The number of hydrogen-bond donors (Lipinski definition) is 1. The zero-order chi connectivity index (χ0) is 12.7. The minimum absolute atomic E-state index is 0.0595. The molecular weight excluding hydrogens is 257 g/mol. The largest absolute Gasteiger partial charge is 0.376 e. The average molecular weight is 270 g/mol. The van der Waals surface area contributed by atoms with E-state index in [9.17, 15) is 4.39 Å². The van der Waals surface area contributed by atoms with Crippen molar-refractivity contribution < 1.29 is 9.13 Å². The number of imidazole rings is 1. The molecule has 0 bridgehead atoms. The van der Waals surface area contributed by atoms with Crippen LogP contribution < -0.4 is 5.73 Å². The monoisotopic (exact) mass is 269 g/mol. The number of ether oxygens (including phenoxy) is 1. The number of nitrogen functional groups attached to an aromatic ring is 1. The van der Waals surface area contributed by atoms with E-state index < -0.39 is 5.82 Å². The van der Waals surface area contributed by atoms with Crippen molar-refractivity contribution in [3.05, 3.63) is 23.0 Å². The molecule has 2 heterocycles. The van der Waals surface area contributed by atoms with Gasteiger partial charge in [-0.2, -0.15) is 0 Å². The Morgan fingerprint density at radius 3 is 3.11 bits per heavy atom. The second-order valence-corrected chi connectivity index (χ2v) is 4.88. The number of hydrogen-bond acceptors (Lipinski definition) is 3. The second-order valence-electron chi connectivity index (χ2n) is 4.47. The average Bonchev–Trinajstić information content (AvgIpc) is 2.92. The first-order valence-corrected chi connectivity index (χ1v) is 6.25. The van der Waals surface area contributed by atoms with Gasteiger partial charge in [0.25, 0.3) is 0 Å². The van der Waals surface area contributed by atoms with Crippen molar-refractivity contribution in [2.75, 3.05) is 12.3 Å². The number of fused-ring (bicyclic) bond motifs is 1. The highest BCUT2D eigenvalue weighted by Crippen LogP contribution is 2.26. The van der Waals surface area contributed by atoms with Crippen LogP contribution in [0.5, 0.6) is 0 Å². The number of nitrogens with zero attached hydrogens (tertiary/aromatic N) is 2. The van der Waals surface area contributed by atoms with Crippen LogP contribution in [0.25, 0.3) is 11.0 Å². The van der Waals surface area contributed by atoms with Crippen molar-refractivity contribution in [2.24, 2.45) is 0 Å². The van der Waals surface area contributed by atoms with Crippen LogP contribution in [0.1, 0.15) is 12.8 Å². The fraction of sp³-hybridized carbons (Fsp3) is 0.417. The van der Waals surface area contributed by atoms with Crippen molar-refractivity contribution in [3.8, 4) is 0 Å². The minimum atomic E-state index is -0.461. The van der Waals surface area contributed by atoms with Crippen LogP contribution in [-0.4, -0.2) is 22.3 Å². The van der Waals surface area contributed by atoms with Gasteiger partial charge in [-0.15, -0.1) is 0 Å². The van der Waals surface area contributed by atoms with E-state index in [4.69, 9.17) is 22.1 Å². The molecule has 0 amide bonds. The van der Waals surface area contributed by atoms with Gasteiger partial charge in [0.15, 0.2) is 0 Å². The molecule has 0 radical (unpaired) electrons. The topological polar surface area (TPSA) is 53.1 Å². The van der Waals surface area contributed by atoms with Crippen LogP contribution in [0.15, 0.2) is 12.1 Å². The first kappa shape index (κ1) is 11.7. The first-order chi connectivity index (χ1) is 8.65. The van der Waals surface area contributed by atoms with Gasteiger partial charge in [-0.05, 0) is 18.9 Å². The molecule has 2 aromatic rings. The van der Waals surface area contributed by atoms with Gasteiger partial charge < -0.3 is 15.0 Å². The summed E-state index contributed by atoms with van der Waals surface area (Å²) >= 11 is 5.73. The molecule has 18 heavy (non-hydrogen) atoms. The lowest BCUT2D eigenvalue weighted by molar-refractivity contribution is 0.0983. The highest BCUT2D eigenvalue weighted by Gasteiger charge is 2.19. The third kappa shape index (κ3) is 1.93. The Kier molecular flexibility index (Phi) is 2.87. The van der Waals surface area contributed by atoms with E-state index in [-0.39, 0.29) is 11.1 Å². The Labute approximate surface area is 108 Å². The van der Waals surface area contributed by atoms with Crippen molar-refractivity contribution in [3.63, 3.8) is 0 Å². The van der Waals surface area contributed by atoms with Gasteiger partial charge in [0.2, 0.25) is 5.95 Å². The van der Waals surface area contributed by atoms with E-state index in [0.29, 0.717) is 23.5 Å². The van der Waals surface area contributed by atoms with Crippen LogP contribution in [0, 0.1) is 5.82 Å². The maximum atomic E-state index is 13.5. The van der Waals surface area contributed by atoms with E-state index in [1.807, 2.05) is 0 Å². The molecule has 0 saturated carbocycles. The molecule has 96 valence electrons. The SMILES string of the molecule is Nc1nc2cc(Cl)c(F)cc2n1CC1CCCO1. The summed E-state index contributed by atoms with van der Waals surface area (Å²) in [6, 6.07) is 2.87. The van der Waals surface area contributed by atoms with Crippen LogP contribution in [0.4, 0.5) is 10.3 Å². The smallest absolute Gasteiger partial charge is 0.201 e. The summed E-state index contributed by atoms with van der Waals surface area (Å²) in [7, 11) is 0. The van der Waals surface area contributed by atoms with Crippen LogP contribution in [-0.2, 0) is 11.3 Å². The fourth-order valence-corrected chi connectivity index (χ4v) is 2.48. The Bertz CT molecular complexity index is 593. The van der Waals surface area contributed by atoms with Crippen molar-refractivity contribution >= 4 is 28.6 Å². The van der Waals surface area contributed by atoms with Gasteiger partial charge in [-0.25, -0.2) is 9.37 Å². The third-order valence-electron chi connectivity index (χ3n) is 3.23. The van der Waals surface area contributed by atoms with Crippen molar-refractivity contribution in [2.45, 2.75) is 25.5 Å². The highest BCUT2D eigenvalue weighted by atomic mass is 35.5. The molecule has 1 aromatic heterocycles. The van der Waals surface area contributed by atoms with E-state index in [1.165, 1.54) is 12.1 Å². The zero-order valence-electron chi connectivity index (χ0n) is 9.70. The molecule has 0 spiro atoms. The lowest BCUT2D eigenvalue weighted by Gasteiger charge is -2.12. The Balaban J connectivity index is 2.04. The highest BCUT2D eigenvalue weighted by molar-refractivity contribution is 6.31. The van der Waals surface area contributed by atoms with Crippen LogP contribution in [0.3, 0.4) is 0 Å². The van der Waals surface area contributed by atoms with E-state index in [0.717, 1.165) is 19.4 Å². The van der Waals surface area contributed by atoms with E-state index in [2.05, 4.69) is 4.98 Å². The fourth-order valence-electron chi connectivity index (χ4n) is 2.32. The molecule has 1 saturated heterocycles. The molecule has 6 heteroatoms. The predicted octanol–water partition coefficient (Wildman–Crippen LogP) is 2.59. The number of aromatic nitrogens is 2. The maximum Gasteiger partial charge on any atom is 0.201 e. The van der Waals surface area contributed by atoms with Gasteiger partial charge in [0.05, 0.1) is 28.7 Å². The lowest BCUT2D eigenvalue weighted by atomic mass is 10.2. The summed E-state index contributed by atoms with van der Waals surface area (Å²) in [5, 5.41) is 0.0595. The molecule has 1 atom stereocenters. The molecule has 1 fully saturated rings. The second kappa shape index (κ2) is 4.40. The summed E-state index contributed by atoms with van der Waals surface area (Å²) < 4.78 is 20.8. The summed E-state index contributed by atoms with van der Waals surface area (Å²) in [5.41, 5.74) is 7.13. The number of nitrogens with two attached hydrogens (primary N) is 1. The van der Waals surface area contributed by atoms with Crippen molar-refractivity contribution in [1.82, 2.24) is 9.55 Å². The maximum absolute atomic E-state index is 13.5. The number of halogens is 2. The van der Waals surface area contributed by atoms with Gasteiger partial charge in [0.1, 0.15) is 5.82 Å². The van der Waals surface area contributed by atoms with Crippen molar-refractivity contribution in [1.29, 1.82) is 0 Å². The Morgan fingerprint density at radius 1 is 1.56 bits per heavy atom. The van der Waals surface area contributed by atoms with Gasteiger partial charge in [-0.1, -0.05) is 11.6 Å². The molecule has 1 aliphatic rings. The number of rotatable bonds is 2. The summed E-state index contributed by atoms with van der Waals surface area (Å²) in [6.07, 6.45) is 2.18. The van der Waals surface area contributed by atoms with Gasteiger partial charge in [0, 0.05) is 12.7 Å².